The Hall–Kier alpha value is -3.26. The van der Waals surface area contributed by atoms with Crippen LogP contribution in [0.5, 0.6) is 0 Å². The molecule has 0 amide bonds. The van der Waals surface area contributed by atoms with Gasteiger partial charge in [-0.3, -0.25) is 5.10 Å². The molecule has 1 heterocycles. The van der Waals surface area contributed by atoms with Crippen molar-refractivity contribution in [2.75, 3.05) is 11.9 Å². The average Bonchev–Trinajstić information content (AvgIpc) is 2.97. The van der Waals surface area contributed by atoms with Crippen molar-refractivity contribution in [3.05, 3.63) is 66.7 Å². The first kappa shape index (κ1) is 16.1. The molecule has 1 aromatic carbocycles. The molecule has 0 aliphatic heterocycles. The molecule has 0 aliphatic carbocycles. The molecule has 0 radical (unpaired) electrons. The van der Waals surface area contributed by atoms with Crippen molar-refractivity contribution in [3.8, 4) is 23.6 Å². The molecule has 0 bridgehead atoms. The molecule has 2 aromatic rings. The zero-order valence-electron chi connectivity index (χ0n) is 12.5. The van der Waals surface area contributed by atoms with Gasteiger partial charge in [0.05, 0.1) is 12.1 Å². The molecular formula is C18H17FN4. The van der Waals surface area contributed by atoms with Crippen LogP contribution in [0.15, 0.2) is 55.3 Å². The first-order valence-electron chi connectivity index (χ1n) is 6.94. The fraction of sp³-hybridized carbons (Fsp3) is 0.0556. The Kier molecular flexibility index (Phi) is 5.37. The fourth-order valence-corrected chi connectivity index (χ4v) is 2.16. The zero-order valence-corrected chi connectivity index (χ0v) is 12.5. The molecule has 0 aliphatic rings. The van der Waals surface area contributed by atoms with Gasteiger partial charge in [-0.25, -0.2) is 4.39 Å². The first-order chi connectivity index (χ1) is 11.2. The van der Waals surface area contributed by atoms with Crippen molar-refractivity contribution in [3.63, 3.8) is 0 Å². The Labute approximate surface area is 134 Å². The minimum Gasteiger partial charge on any atom is -0.405 e. The van der Waals surface area contributed by atoms with Gasteiger partial charge in [0.1, 0.15) is 17.3 Å². The van der Waals surface area contributed by atoms with Crippen LogP contribution in [0.25, 0.3) is 16.8 Å². The number of hydrogen-bond donors (Lipinski definition) is 3. The lowest BCUT2D eigenvalue weighted by Gasteiger charge is -2.08. The number of H-pyrrole nitrogens is 1. The molecule has 0 atom stereocenters. The van der Waals surface area contributed by atoms with E-state index in [2.05, 4.69) is 28.0 Å². The van der Waals surface area contributed by atoms with Crippen LogP contribution in [-0.4, -0.2) is 16.7 Å². The summed E-state index contributed by atoms with van der Waals surface area (Å²) in [6, 6.07) is 6.10. The maximum atomic E-state index is 13.2. The molecule has 0 saturated heterocycles. The van der Waals surface area contributed by atoms with Crippen LogP contribution >= 0.6 is 0 Å². The number of halogens is 1. The fourth-order valence-electron chi connectivity index (χ4n) is 2.16. The minimum absolute atomic E-state index is 0.305. The molecule has 5 heteroatoms. The predicted octanol–water partition coefficient (Wildman–Crippen LogP) is 3.30. The van der Waals surface area contributed by atoms with Crippen LogP contribution in [0.3, 0.4) is 0 Å². The summed E-state index contributed by atoms with van der Waals surface area (Å²) in [6.45, 7) is 4.05. The van der Waals surface area contributed by atoms with Gasteiger partial charge in [0, 0.05) is 5.56 Å². The maximum absolute atomic E-state index is 13.2. The molecule has 0 spiro atoms. The lowest BCUT2D eigenvalue weighted by atomic mass is 10.00. The molecule has 1 aromatic heterocycles. The van der Waals surface area contributed by atoms with Crippen molar-refractivity contribution in [2.24, 2.45) is 5.73 Å². The third-order valence-electron chi connectivity index (χ3n) is 3.11. The molecule has 4 nitrogen and oxygen atoms in total. The van der Waals surface area contributed by atoms with E-state index in [0.717, 1.165) is 16.7 Å². The number of benzene rings is 1. The Bertz CT molecular complexity index is 776. The summed E-state index contributed by atoms with van der Waals surface area (Å²) in [7, 11) is 0. The largest absolute Gasteiger partial charge is 0.405 e. The quantitative estimate of drug-likeness (QED) is 0.566. The Morgan fingerprint density at radius 2 is 2.17 bits per heavy atom. The van der Waals surface area contributed by atoms with Gasteiger partial charge in [0.2, 0.25) is 0 Å². The second kappa shape index (κ2) is 7.66. The van der Waals surface area contributed by atoms with Crippen LogP contribution < -0.4 is 11.1 Å². The molecule has 0 saturated carbocycles. The van der Waals surface area contributed by atoms with E-state index in [1.807, 2.05) is 6.08 Å². The Morgan fingerprint density at radius 1 is 1.43 bits per heavy atom. The van der Waals surface area contributed by atoms with E-state index in [9.17, 15) is 4.39 Å². The van der Waals surface area contributed by atoms with Gasteiger partial charge in [-0.1, -0.05) is 24.7 Å². The standard InChI is InChI=1S/C18H17FN4/c1-3-5-13(10-11-20)16-17(14-6-8-15(19)9-7-14)22-23-18(16)21-12-4-2/h2-3,5-11H,1,12,20H2,(H2,21,22,23)/b11-10-,13-5+. The SMILES string of the molecule is C#CCNc1[nH]nc(-c2ccc(F)cc2)c1C(/C=C\N)=C/C=C. The molecule has 4 N–H and O–H groups in total. The van der Waals surface area contributed by atoms with Crippen molar-refractivity contribution >= 4 is 11.4 Å². The Morgan fingerprint density at radius 3 is 2.78 bits per heavy atom. The maximum Gasteiger partial charge on any atom is 0.130 e. The van der Waals surface area contributed by atoms with Crippen molar-refractivity contribution in [1.29, 1.82) is 0 Å². The second-order valence-electron chi connectivity index (χ2n) is 4.60. The predicted molar refractivity (Wildman–Crippen MR) is 92.8 cm³/mol. The number of allylic oxidation sites excluding steroid dienone is 4. The molecule has 0 unspecified atom stereocenters. The van der Waals surface area contributed by atoms with Crippen LogP contribution in [-0.2, 0) is 0 Å². The van der Waals surface area contributed by atoms with Crippen LogP contribution in [0, 0.1) is 18.2 Å². The van der Waals surface area contributed by atoms with Crippen LogP contribution in [0.4, 0.5) is 10.2 Å². The average molecular weight is 308 g/mol. The summed E-state index contributed by atoms with van der Waals surface area (Å²) in [5, 5.41) is 10.3. The third-order valence-corrected chi connectivity index (χ3v) is 3.11. The van der Waals surface area contributed by atoms with E-state index >= 15 is 0 Å². The van der Waals surface area contributed by atoms with Gasteiger partial charge in [-0.2, -0.15) is 5.10 Å². The number of hydrogen-bond acceptors (Lipinski definition) is 3. The van der Waals surface area contributed by atoms with Gasteiger partial charge in [0.15, 0.2) is 0 Å². The number of rotatable bonds is 6. The topological polar surface area (TPSA) is 66.7 Å². The van der Waals surface area contributed by atoms with Crippen molar-refractivity contribution < 1.29 is 4.39 Å². The minimum atomic E-state index is -0.305. The summed E-state index contributed by atoms with van der Waals surface area (Å²) in [5.41, 5.74) is 8.56. The van der Waals surface area contributed by atoms with Gasteiger partial charge < -0.3 is 11.1 Å². The molecular weight excluding hydrogens is 291 g/mol. The zero-order chi connectivity index (χ0) is 16.7. The normalized spacial score (nSPS) is 11.4. The molecule has 0 fully saturated rings. The summed E-state index contributed by atoms with van der Waals surface area (Å²) >= 11 is 0. The van der Waals surface area contributed by atoms with E-state index in [1.165, 1.54) is 18.3 Å². The summed E-state index contributed by atoms with van der Waals surface area (Å²) in [5.74, 6) is 2.87. The van der Waals surface area contributed by atoms with Crippen LogP contribution in [0.2, 0.25) is 0 Å². The van der Waals surface area contributed by atoms with E-state index in [-0.39, 0.29) is 5.82 Å². The highest BCUT2D eigenvalue weighted by atomic mass is 19.1. The van der Waals surface area contributed by atoms with Crippen molar-refractivity contribution in [1.82, 2.24) is 10.2 Å². The number of terminal acetylenes is 1. The highest BCUT2D eigenvalue weighted by Gasteiger charge is 2.17. The second-order valence-corrected chi connectivity index (χ2v) is 4.60. The monoisotopic (exact) mass is 308 g/mol. The van der Waals surface area contributed by atoms with Crippen molar-refractivity contribution in [2.45, 2.75) is 0 Å². The van der Waals surface area contributed by atoms with Gasteiger partial charge in [-0.15, -0.1) is 6.42 Å². The number of anilines is 1. The van der Waals surface area contributed by atoms with E-state index < -0.39 is 0 Å². The summed E-state index contributed by atoms with van der Waals surface area (Å²) in [4.78, 5) is 0. The third kappa shape index (κ3) is 3.69. The summed E-state index contributed by atoms with van der Waals surface area (Å²) in [6.07, 6.45) is 11.9. The van der Waals surface area contributed by atoms with Gasteiger partial charge >= 0.3 is 0 Å². The Balaban J connectivity index is 2.61. The van der Waals surface area contributed by atoms with Gasteiger partial charge in [-0.05, 0) is 42.1 Å². The van der Waals surface area contributed by atoms with Crippen LogP contribution in [0.1, 0.15) is 5.56 Å². The van der Waals surface area contributed by atoms with E-state index in [0.29, 0.717) is 18.1 Å². The molecule has 2 rings (SSSR count). The number of nitrogens with two attached hydrogens (primary N) is 1. The first-order valence-corrected chi connectivity index (χ1v) is 6.94. The number of nitrogens with zero attached hydrogens (tertiary/aromatic N) is 1. The smallest absolute Gasteiger partial charge is 0.130 e. The molecule has 23 heavy (non-hydrogen) atoms. The number of aromatic amines is 1. The highest BCUT2D eigenvalue weighted by Crippen LogP contribution is 2.33. The lowest BCUT2D eigenvalue weighted by Crippen LogP contribution is -2.01. The van der Waals surface area contributed by atoms with Gasteiger partial charge in [0.25, 0.3) is 0 Å². The van der Waals surface area contributed by atoms with E-state index in [1.54, 1.807) is 24.3 Å². The molecule has 116 valence electrons. The summed E-state index contributed by atoms with van der Waals surface area (Å²) < 4.78 is 13.2. The lowest BCUT2D eigenvalue weighted by molar-refractivity contribution is 0.628. The number of nitrogens with one attached hydrogen (secondary N) is 2. The van der Waals surface area contributed by atoms with E-state index in [4.69, 9.17) is 12.2 Å². The number of aromatic nitrogens is 2. The highest BCUT2D eigenvalue weighted by molar-refractivity contribution is 5.90.